The third-order valence-electron chi connectivity index (χ3n) is 2.81. The van der Waals surface area contributed by atoms with Crippen LogP contribution in [0, 0.1) is 12.8 Å². The molecule has 0 aliphatic rings. The van der Waals surface area contributed by atoms with Crippen LogP contribution in [0.3, 0.4) is 0 Å². The molecule has 1 N–H and O–H groups in total. The van der Waals surface area contributed by atoms with E-state index in [1.807, 2.05) is 0 Å². The lowest BCUT2D eigenvalue weighted by Gasteiger charge is -2.19. The summed E-state index contributed by atoms with van der Waals surface area (Å²) in [5.41, 5.74) is 2.65. The maximum Gasteiger partial charge on any atom is 0.0263 e. The van der Waals surface area contributed by atoms with Crippen molar-refractivity contribution in [3.8, 4) is 0 Å². The molecule has 1 rings (SSSR count). The van der Waals surface area contributed by atoms with Crippen LogP contribution in [0.1, 0.15) is 25.0 Å². The van der Waals surface area contributed by atoms with Gasteiger partial charge in [0.25, 0.3) is 0 Å². The lowest BCUT2D eigenvalue weighted by Crippen LogP contribution is -2.32. The van der Waals surface area contributed by atoms with Gasteiger partial charge in [0.2, 0.25) is 0 Å². The molecule has 0 amide bonds. The minimum atomic E-state index is 0.461. The molecule has 0 bridgehead atoms. The Hall–Kier alpha value is -0.530. The molecule has 0 spiro atoms. The van der Waals surface area contributed by atoms with E-state index >= 15 is 0 Å². The van der Waals surface area contributed by atoms with E-state index in [0.717, 1.165) is 6.54 Å². The van der Waals surface area contributed by atoms with Gasteiger partial charge in [-0.25, -0.2) is 0 Å². The summed E-state index contributed by atoms with van der Waals surface area (Å²) in [6, 6.07) is 9.04. The highest BCUT2D eigenvalue weighted by Crippen LogP contribution is 2.07. The second-order valence-electron chi connectivity index (χ2n) is 4.29. The van der Waals surface area contributed by atoms with Gasteiger partial charge in [0.05, 0.1) is 0 Å². The van der Waals surface area contributed by atoms with E-state index in [2.05, 4.69) is 50.4 Å². The number of halogens is 1. The first kappa shape index (κ1) is 12.5. The van der Waals surface area contributed by atoms with E-state index in [-0.39, 0.29) is 0 Å². The van der Waals surface area contributed by atoms with Gasteiger partial charge in [-0.1, -0.05) is 36.8 Å². The zero-order chi connectivity index (χ0) is 11.3. The maximum atomic E-state index is 5.81. The molecular formula is C13H20ClN. The molecule has 2 atom stereocenters. The van der Waals surface area contributed by atoms with Crippen molar-refractivity contribution in [3.63, 3.8) is 0 Å². The Morgan fingerprint density at radius 1 is 1.33 bits per heavy atom. The normalized spacial score (nSPS) is 14.9. The Bertz CT molecular complexity index is 298. The highest BCUT2D eigenvalue weighted by molar-refractivity contribution is 6.18. The zero-order valence-electron chi connectivity index (χ0n) is 9.76. The topological polar surface area (TPSA) is 12.0 Å². The molecule has 1 nitrogen and oxygen atoms in total. The molecule has 0 aromatic heterocycles. The minimum absolute atomic E-state index is 0.461. The van der Waals surface area contributed by atoms with Crippen LogP contribution in [0.2, 0.25) is 0 Å². The summed E-state index contributed by atoms with van der Waals surface area (Å²) < 4.78 is 0. The van der Waals surface area contributed by atoms with Crippen LogP contribution < -0.4 is 5.32 Å². The quantitative estimate of drug-likeness (QED) is 0.758. The van der Waals surface area contributed by atoms with Crippen molar-refractivity contribution in [1.82, 2.24) is 5.32 Å². The molecule has 0 saturated carbocycles. The lowest BCUT2D eigenvalue weighted by atomic mass is 10.1. The Morgan fingerprint density at radius 2 is 2.07 bits per heavy atom. The van der Waals surface area contributed by atoms with Crippen molar-refractivity contribution in [2.24, 2.45) is 5.92 Å². The molecule has 2 unspecified atom stereocenters. The van der Waals surface area contributed by atoms with Gasteiger partial charge in [-0.3, -0.25) is 0 Å². The number of hydrogen-bond donors (Lipinski definition) is 1. The second kappa shape index (κ2) is 6.14. The summed E-state index contributed by atoms with van der Waals surface area (Å²) in [6.07, 6.45) is 0. The van der Waals surface area contributed by atoms with Crippen LogP contribution in [0.5, 0.6) is 0 Å². The lowest BCUT2D eigenvalue weighted by molar-refractivity contribution is 0.430. The number of benzene rings is 1. The van der Waals surface area contributed by atoms with E-state index in [1.165, 1.54) is 11.1 Å². The van der Waals surface area contributed by atoms with E-state index in [0.29, 0.717) is 17.8 Å². The number of hydrogen-bond acceptors (Lipinski definition) is 1. The van der Waals surface area contributed by atoms with Crippen LogP contribution in [0.4, 0.5) is 0 Å². The van der Waals surface area contributed by atoms with E-state index in [1.54, 1.807) is 0 Å². The average Bonchev–Trinajstić information content (AvgIpc) is 2.25. The van der Waals surface area contributed by atoms with Crippen LogP contribution in [-0.2, 0) is 6.54 Å². The molecule has 84 valence electrons. The minimum Gasteiger partial charge on any atom is -0.310 e. The van der Waals surface area contributed by atoms with E-state index < -0.39 is 0 Å². The van der Waals surface area contributed by atoms with E-state index in [9.17, 15) is 0 Å². The smallest absolute Gasteiger partial charge is 0.0263 e. The third-order valence-corrected chi connectivity index (χ3v) is 3.29. The standard InChI is InChI=1S/C13H20ClN/c1-10-5-4-6-13(7-10)9-15-12(3)11(2)8-14/h4-7,11-12,15H,8-9H2,1-3H3. The molecule has 1 aromatic carbocycles. The first-order valence-electron chi connectivity index (χ1n) is 5.48. The molecule has 0 fully saturated rings. The van der Waals surface area contributed by atoms with Crippen LogP contribution >= 0.6 is 11.6 Å². The van der Waals surface area contributed by atoms with Gasteiger partial charge in [-0.2, -0.15) is 0 Å². The summed E-state index contributed by atoms with van der Waals surface area (Å²) in [7, 11) is 0. The van der Waals surface area contributed by atoms with Gasteiger partial charge in [0, 0.05) is 18.5 Å². The van der Waals surface area contributed by atoms with Gasteiger partial charge >= 0.3 is 0 Å². The molecule has 15 heavy (non-hydrogen) atoms. The predicted octanol–water partition coefficient (Wildman–Crippen LogP) is 3.35. The first-order chi connectivity index (χ1) is 7.13. The van der Waals surface area contributed by atoms with Crippen molar-refractivity contribution in [2.45, 2.75) is 33.4 Å². The largest absolute Gasteiger partial charge is 0.310 e. The highest BCUT2D eigenvalue weighted by Gasteiger charge is 2.09. The molecular weight excluding hydrogens is 206 g/mol. The molecule has 0 saturated heterocycles. The Morgan fingerprint density at radius 3 is 2.67 bits per heavy atom. The fraction of sp³-hybridized carbons (Fsp3) is 0.538. The number of nitrogens with one attached hydrogen (secondary N) is 1. The van der Waals surface area contributed by atoms with Gasteiger partial charge in [-0.15, -0.1) is 11.6 Å². The zero-order valence-corrected chi connectivity index (χ0v) is 10.5. The van der Waals surface area contributed by atoms with Crippen LogP contribution in [0.15, 0.2) is 24.3 Å². The summed E-state index contributed by atoms with van der Waals surface area (Å²) >= 11 is 5.81. The van der Waals surface area contributed by atoms with Gasteiger partial charge in [0.15, 0.2) is 0 Å². The fourth-order valence-electron chi connectivity index (χ4n) is 1.44. The Balaban J connectivity index is 2.43. The molecule has 0 heterocycles. The van der Waals surface area contributed by atoms with E-state index in [4.69, 9.17) is 11.6 Å². The van der Waals surface area contributed by atoms with Crippen molar-refractivity contribution < 1.29 is 0 Å². The third kappa shape index (κ3) is 4.23. The average molecular weight is 226 g/mol. The number of rotatable bonds is 5. The molecule has 2 heteroatoms. The Kier molecular flexibility index (Phi) is 5.13. The maximum absolute atomic E-state index is 5.81. The van der Waals surface area contributed by atoms with Crippen molar-refractivity contribution in [3.05, 3.63) is 35.4 Å². The summed E-state index contributed by atoms with van der Waals surface area (Å²) in [4.78, 5) is 0. The number of aryl methyl sites for hydroxylation is 1. The van der Waals surface area contributed by atoms with Gasteiger partial charge < -0.3 is 5.32 Å². The summed E-state index contributed by atoms with van der Waals surface area (Å²) in [5, 5.41) is 3.49. The monoisotopic (exact) mass is 225 g/mol. The van der Waals surface area contributed by atoms with Gasteiger partial charge in [-0.05, 0) is 25.3 Å². The predicted molar refractivity (Wildman–Crippen MR) is 67.4 cm³/mol. The van der Waals surface area contributed by atoms with Crippen molar-refractivity contribution in [2.75, 3.05) is 5.88 Å². The first-order valence-corrected chi connectivity index (χ1v) is 6.02. The molecule has 1 aromatic rings. The van der Waals surface area contributed by atoms with Gasteiger partial charge in [0.1, 0.15) is 0 Å². The molecule has 0 radical (unpaired) electrons. The summed E-state index contributed by atoms with van der Waals surface area (Å²) in [6.45, 7) is 7.39. The SMILES string of the molecule is Cc1cccc(CNC(C)C(C)CCl)c1. The fourth-order valence-corrected chi connectivity index (χ4v) is 1.70. The van der Waals surface area contributed by atoms with Crippen molar-refractivity contribution in [1.29, 1.82) is 0 Å². The molecule has 0 aliphatic carbocycles. The summed E-state index contributed by atoms with van der Waals surface area (Å²) in [5.74, 6) is 1.22. The van der Waals surface area contributed by atoms with Crippen LogP contribution in [-0.4, -0.2) is 11.9 Å². The van der Waals surface area contributed by atoms with Crippen molar-refractivity contribution >= 4 is 11.6 Å². The number of alkyl halides is 1. The highest BCUT2D eigenvalue weighted by atomic mass is 35.5. The molecule has 0 aliphatic heterocycles. The second-order valence-corrected chi connectivity index (χ2v) is 4.60. The Labute approximate surface area is 97.8 Å². The van der Waals surface area contributed by atoms with Crippen LogP contribution in [0.25, 0.3) is 0 Å².